The molecule has 0 aliphatic heterocycles. The standard InChI is InChI=1S/C22H25N3O3/c1-4-24-21(18-10-12-20(28-3)13-11-18)23-25(22(24)27)15-19(26)14-16(2)17-8-6-5-7-9-17/h5-13,16H,4,14-15H2,1-3H3/t16-/m1/s1. The first kappa shape index (κ1) is 19.6. The fourth-order valence-corrected chi connectivity index (χ4v) is 3.26. The van der Waals surface area contributed by atoms with Gasteiger partial charge in [0, 0.05) is 18.5 Å². The lowest BCUT2D eigenvalue weighted by Gasteiger charge is -2.10. The zero-order chi connectivity index (χ0) is 20.1. The molecule has 0 saturated heterocycles. The first-order valence-electron chi connectivity index (χ1n) is 9.42. The van der Waals surface area contributed by atoms with E-state index in [0.29, 0.717) is 18.8 Å². The van der Waals surface area contributed by atoms with Gasteiger partial charge >= 0.3 is 5.69 Å². The van der Waals surface area contributed by atoms with Crippen LogP contribution in [0.2, 0.25) is 0 Å². The molecule has 0 bridgehead atoms. The molecule has 1 atom stereocenters. The van der Waals surface area contributed by atoms with Gasteiger partial charge in [-0.05, 0) is 42.7 Å². The van der Waals surface area contributed by atoms with Crippen molar-refractivity contribution >= 4 is 5.78 Å². The highest BCUT2D eigenvalue weighted by molar-refractivity contribution is 5.79. The fourth-order valence-electron chi connectivity index (χ4n) is 3.26. The monoisotopic (exact) mass is 379 g/mol. The summed E-state index contributed by atoms with van der Waals surface area (Å²) in [6, 6.07) is 17.3. The molecule has 6 nitrogen and oxygen atoms in total. The zero-order valence-corrected chi connectivity index (χ0v) is 16.5. The topological polar surface area (TPSA) is 66.1 Å². The van der Waals surface area contributed by atoms with Gasteiger partial charge in [0.15, 0.2) is 11.6 Å². The molecule has 28 heavy (non-hydrogen) atoms. The average Bonchev–Trinajstić information content (AvgIpc) is 3.03. The maximum absolute atomic E-state index is 12.7. The van der Waals surface area contributed by atoms with Crippen LogP contribution in [0.1, 0.15) is 31.7 Å². The molecule has 0 fully saturated rings. The fraction of sp³-hybridized carbons (Fsp3) is 0.318. The van der Waals surface area contributed by atoms with Crippen molar-refractivity contribution in [2.24, 2.45) is 0 Å². The average molecular weight is 379 g/mol. The predicted octanol–water partition coefficient (Wildman–Crippen LogP) is 3.50. The number of hydrogen-bond acceptors (Lipinski definition) is 4. The van der Waals surface area contributed by atoms with Crippen LogP contribution in [0, 0.1) is 0 Å². The van der Waals surface area contributed by atoms with Crippen molar-refractivity contribution in [2.75, 3.05) is 7.11 Å². The number of benzene rings is 2. The quantitative estimate of drug-likeness (QED) is 0.601. The molecular weight excluding hydrogens is 354 g/mol. The van der Waals surface area contributed by atoms with E-state index < -0.39 is 0 Å². The molecule has 0 aliphatic carbocycles. The van der Waals surface area contributed by atoms with Gasteiger partial charge in [0.1, 0.15) is 12.3 Å². The number of aromatic nitrogens is 3. The highest BCUT2D eigenvalue weighted by Gasteiger charge is 2.18. The molecule has 2 aromatic carbocycles. The van der Waals surface area contributed by atoms with Gasteiger partial charge in [-0.1, -0.05) is 37.3 Å². The van der Waals surface area contributed by atoms with Crippen LogP contribution >= 0.6 is 0 Å². The van der Waals surface area contributed by atoms with Crippen molar-refractivity contribution in [1.29, 1.82) is 0 Å². The third-order valence-electron chi connectivity index (χ3n) is 4.82. The lowest BCUT2D eigenvalue weighted by atomic mass is 9.96. The molecule has 1 heterocycles. The predicted molar refractivity (Wildman–Crippen MR) is 109 cm³/mol. The lowest BCUT2D eigenvalue weighted by Crippen LogP contribution is -2.28. The van der Waals surface area contributed by atoms with Gasteiger partial charge in [-0.3, -0.25) is 9.36 Å². The van der Waals surface area contributed by atoms with E-state index in [1.165, 1.54) is 4.68 Å². The third kappa shape index (κ3) is 4.22. The number of Topliss-reactive ketones (excluding diaryl/α,β-unsaturated/α-hetero) is 1. The molecule has 1 aromatic heterocycles. The van der Waals surface area contributed by atoms with Crippen LogP contribution in [0.3, 0.4) is 0 Å². The van der Waals surface area contributed by atoms with E-state index in [2.05, 4.69) is 5.10 Å². The number of nitrogens with zero attached hydrogens (tertiary/aromatic N) is 3. The molecule has 3 rings (SSSR count). The Morgan fingerprint density at radius 2 is 1.79 bits per heavy atom. The highest BCUT2D eigenvalue weighted by Crippen LogP contribution is 2.21. The van der Waals surface area contributed by atoms with Crippen molar-refractivity contribution in [3.05, 3.63) is 70.6 Å². The summed E-state index contributed by atoms with van der Waals surface area (Å²) in [5.41, 5.74) is 1.65. The van der Waals surface area contributed by atoms with Gasteiger partial charge in [0.2, 0.25) is 0 Å². The lowest BCUT2D eigenvalue weighted by molar-refractivity contribution is -0.120. The zero-order valence-electron chi connectivity index (χ0n) is 16.5. The minimum atomic E-state index is -0.269. The smallest absolute Gasteiger partial charge is 0.346 e. The Morgan fingerprint density at radius 3 is 2.39 bits per heavy atom. The van der Waals surface area contributed by atoms with E-state index in [4.69, 9.17) is 4.74 Å². The molecular formula is C22H25N3O3. The highest BCUT2D eigenvalue weighted by atomic mass is 16.5. The van der Waals surface area contributed by atoms with Crippen LogP contribution in [0.15, 0.2) is 59.4 Å². The van der Waals surface area contributed by atoms with Gasteiger partial charge in [0.05, 0.1) is 7.11 Å². The molecule has 0 spiro atoms. The Labute approximate surface area is 164 Å². The van der Waals surface area contributed by atoms with E-state index >= 15 is 0 Å². The normalized spacial score (nSPS) is 12.0. The molecule has 0 aliphatic rings. The Morgan fingerprint density at radius 1 is 1.11 bits per heavy atom. The minimum Gasteiger partial charge on any atom is -0.497 e. The Bertz CT molecular complexity index is 988. The maximum atomic E-state index is 12.7. The van der Waals surface area contributed by atoms with E-state index in [0.717, 1.165) is 16.9 Å². The van der Waals surface area contributed by atoms with E-state index in [-0.39, 0.29) is 23.9 Å². The van der Waals surface area contributed by atoms with Gasteiger partial charge in [-0.2, -0.15) is 0 Å². The van der Waals surface area contributed by atoms with Gasteiger partial charge in [-0.25, -0.2) is 9.48 Å². The van der Waals surface area contributed by atoms with Crippen molar-refractivity contribution in [3.8, 4) is 17.1 Å². The summed E-state index contributed by atoms with van der Waals surface area (Å²) in [5, 5.41) is 4.43. The van der Waals surface area contributed by atoms with Crippen LogP contribution < -0.4 is 10.4 Å². The minimum absolute atomic E-state index is 0.0134. The molecule has 146 valence electrons. The summed E-state index contributed by atoms with van der Waals surface area (Å²) >= 11 is 0. The largest absolute Gasteiger partial charge is 0.497 e. The van der Waals surface area contributed by atoms with E-state index in [1.807, 2.05) is 68.4 Å². The summed E-state index contributed by atoms with van der Waals surface area (Å²) in [7, 11) is 1.60. The van der Waals surface area contributed by atoms with Crippen molar-refractivity contribution in [2.45, 2.75) is 39.3 Å². The number of hydrogen-bond donors (Lipinski definition) is 0. The second kappa shape index (κ2) is 8.69. The van der Waals surface area contributed by atoms with Crippen LogP contribution in [-0.4, -0.2) is 27.2 Å². The molecule has 0 radical (unpaired) electrons. The molecule has 0 amide bonds. The van der Waals surface area contributed by atoms with E-state index in [1.54, 1.807) is 11.7 Å². The van der Waals surface area contributed by atoms with E-state index in [9.17, 15) is 9.59 Å². The molecule has 0 N–H and O–H groups in total. The Hall–Kier alpha value is -3.15. The summed E-state index contributed by atoms with van der Waals surface area (Å²) in [5.74, 6) is 1.37. The van der Waals surface area contributed by atoms with Crippen molar-refractivity contribution in [3.63, 3.8) is 0 Å². The first-order chi connectivity index (χ1) is 13.5. The number of carbonyl (C=O) groups excluding carboxylic acids is 1. The number of carbonyl (C=O) groups is 1. The Kier molecular flexibility index (Phi) is 6.09. The number of methoxy groups -OCH3 is 1. The SMILES string of the molecule is CCn1c(-c2ccc(OC)cc2)nn(CC(=O)C[C@@H](C)c2ccccc2)c1=O. The van der Waals surface area contributed by atoms with Crippen LogP contribution in [-0.2, 0) is 17.9 Å². The molecule has 0 unspecified atom stereocenters. The number of ketones is 1. The second-order valence-corrected chi connectivity index (χ2v) is 6.79. The summed E-state index contributed by atoms with van der Waals surface area (Å²) in [6.45, 7) is 4.37. The molecule has 0 saturated carbocycles. The van der Waals surface area contributed by atoms with Crippen molar-refractivity contribution in [1.82, 2.24) is 14.3 Å². The van der Waals surface area contributed by atoms with Gasteiger partial charge in [-0.15, -0.1) is 5.10 Å². The van der Waals surface area contributed by atoms with Crippen LogP contribution in [0.25, 0.3) is 11.4 Å². The second-order valence-electron chi connectivity index (χ2n) is 6.79. The molecule has 6 heteroatoms. The summed E-state index contributed by atoms with van der Waals surface area (Å²) in [6.07, 6.45) is 0.368. The van der Waals surface area contributed by atoms with Gasteiger partial charge in [0.25, 0.3) is 0 Å². The number of rotatable bonds is 8. The van der Waals surface area contributed by atoms with Gasteiger partial charge < -0.3 is 4.74 Å². The summed E-state index contributed by atoms with van der Waals surface area (Å²) in [4.78, 5) is 25.2. The first-order valence-corrected chi connectivity index (χ1v) is 9.42. The summed E-state index contributed by atoms with van der Waals surface area (Å²) < 4.78 is 8.02. The molecule has 3 aromatic rings. The van der Waals surface area contributed by atoms with Crippen LogP contribution in [0.5, 0.6) is 5.75 Å². The number of ether oxygens (including phenoxy) is 1. The third-order valence-corrected chi connectivity index (χ3v) is 4.82. The van der Waals surface area contributed by atoms with Crippen molar-refractivity contribution < 1.29 is 9.53 Å². The van der Waals surface area contributed by atoms with Crippen LogP contribution in [0.4, 0.5) is 0 Å². The Balaban J connectivity index is 1.79. The maximum Gasteiger partial charge on any atom is 0.346 e.